The topological polar surface area (TPSA) is 54.0 Å². The predicted octanol–water partition coefficient (Wildman–Crippen LogP) is 0.738. The number of hydrogen-bond acceptors (Lipinski definition) is 3. The first-order valence-corrected chi connectivity index (χ1v) is 6.18. The van der Waals surface area contributed by atoms with Crippen molar-refractivity contribution in [2.24, 2.45) is 5.92 Å². The maximum absolute atomic E-state index is 11.9. The standard InChI is InChI=1S/C13H19N3O/c1-10-5-8-15-12(10)13(17)16-9-6-11-4-2-3-7-14-11/h2-4,7,10,12,15H,5-6,8-9H2,1H3,(H,16,17). The fourth-order valence-corrected chi connectivity index (χ4v) is 2.16. The zero-order valence-corrected chi connectivity index (χ0v) is 10.1. The van der Waals surface area contributed by atoms with E-state index in [4.69, 9.17) is 0 Å². The Kier molecular flexibility index (Phi) is 4.09. The van der Waals surface area contributed by atoms with Gasteiger partial charge < -0.3 is 10.6 Å². The van der Waals surface area contributed by atoms with Crippen molar-refractivity contribution < 1.29 is 4.79 Å². The second-order valence-corrected chi connectivity index (χ2v) is 4.56. The summed E-state index contributed by atoms with van der Waals surface area (Å²) in [6, 6.07) is 5.82. The number of rotatable bonds is 4. The van der Waals surface area contributed by atoms with Crippen LogP contribution in [0.3, 0.4) is 0 Å². The molecule has 0 aromatic carbocycles. The van der Waals surface area contributed by atoms with Crippen molar-refractivity contribution in [1.29, 1.82) is 0 Å². The van der Waals surface area contributed by atoms with Crippen molar-refractivity contribution in [3.05, 3.63) is 30.1 Å². The van der Waals surface area contributed by atoms with Crippen LogP contribution in [0.4, 0.5) is 0 Å². The molecule has 1 amide bonds. The number of amides is 1. The van der Waals surface area contributed by atoms with Gasteiger partial charge in [0.05, 0.1) is 6.04 Å². The summed E-state index contributed by atoms with van der Waals surface area (Å²) in [7, 11) is 0. The first-order valence-electron chi connectivity index (χ1n) is 6.18. The fourth-order valence-electron chi connectivity index (χ4n) is 2.16. The molecule has 2 atom stereocenters. The third-order valence-electron chi connectivity index (χ3n) is 3.22. The second kappa shape index (κ2) is 5.77. The van der Waals surface area contributed by atoms with Crippen LogP contribution < -0.4 is 10.6 Å². The monoisotopic (exact) mass is 233 g/mol. The number of nitrogens with one attached hydrogen (secondary N) is 2. The van der Waals surface area contributed by atoms with Crippen LogP contribution in [0.2, 0.25) is 0 Å². The number of pyridine rings is 1. The van der Waals surface area contributed by atoms with Crippen LogP contribution in [-0.2, 0) is 11.2 Å². The molecule has 1 aromatic heterocycles. The highest BCUT2D eigenvalue weighted by Gasteiger charge is 2.28. The summed E-state index contributed by atoms with van der Waals surface area (Å²) in [5, 5.41) is 6.19. The Labute approximate surface area is 102 Å². The lowest BCUT2D eigenvalue weighted by Gasteiger charge is -2.15. The lowest BCUT2D eigenvalue weighted by Crippen LogP contribution is -2.43. The van der Waals surface area contributed by atoms with Crippen LogP contribution in [0, 0.1) is 5.92 Å². The van der Waals surface area contributed by atoms with Crippen LogP contribution in [0.5, 0.6) is 0 Å². The van der Waals surface area contributed by atoms with Gasteiger partial charge in [0.25, 0.3) is 0 Å². The van der Waals surface area contributed by atoms with Gasteiger partial charge in [0, 0.05) is 24.9 Å². The van der Waals surface area contributed by atoms with Crippen molar-refractivity contribution in [1.82, 2.24) is 15.6 Å². The number of nitrogens with zero attached hydrogens (tertiary/aromatic N) is 1. The molecule has 0 radical (unpaired) electrons. The maximum atomic E-state index is 11.9. The van der Waals surface area contributed by atoms with Gasteiger partial charge in [-0.05, 0) is 31.0 Å². The maximum Gasteiger partial charge on any atom is 0.237 e. The molecule has 1 aliphatic heterocycles. The number of carbonyl (C=O) groups excluding carboxylic acids is 1. The molecule has 2 rings (SSSR count). The zero-order valence-electron chi connectivity index (χ0n) is 10.1. The molecule has 0 spiro atoms. The first-order chi connectivity index (χ1) is 8.27. The minimum absolute atomic E-state index is 0.0151. The Hall–Kier alpha value is -1.42. The molecule has 1 aromatic rings. The molecule has 4 heteroatoms. The summed E-state index contributed by atoms with van der Waals surface area (Å²) in [6.45, 7) is 3.71. The van der Waals surface area contributed by atoms with Gasteiger partial charge in [0.1, 0.15) is 0 Å². The molecule has 0 aliphatic carbocycles. The summed E-state index contributed by atoms with van der Waals surface area (Å²) in [5.41, 5.74) is 1.01. The lowest BCUT2D eigenvalue weighted by molar-refractivity contribution is -0.123. The van der Waals surface area contributed by atoms with Crippen molar-refractivity contribution in [3.8, 4) is 0 Å². The van der Waals surface area contributed by atoms with E-state index in [0.29, 0.717) is 12.5 Å². The van der Waals surface area contributed by atoms with Gasteiger partial charge in [-0.15, -0.1) is 0 Å². The van der Waals surface area contributed by atoms with Gasteiger partial charge >= 0.3 is 0 Å². The number of aromatic nitrogens is 1. The summed E-state index contributed by atoms with van der Waals surface area (Å²) in [6.07, 6.45) is 3.64. The summed E-state index contributed by atoms with van der Waals surface area (Å²) in [5.74, 6) is 0.552. The van der Waals surface area contributed by atoms with Gasteiger partial charge in [-0.25, -0.2) is 0 Å². The Bertz CT molecular complexity index is 366. The molecule has 17 heavy (non-hydrogen) atoms. The van der Waals surface area contributed by atoms with Crippen LogP contribution in [0.15, 0.2) is 24.4 Å². The Balaban J connectivity index is 1.73. The minimum atomic E-state index is -0.0151. The van der Waals surface area contributed by atoms with E-state index in [9.17, 15) is 4.79 Å². The normalized spacial score (nSPS) is 23.6. The molecule has 1 fully saturated rings. The van der Waals surface area contributed by atoms with Gasteiger partial charge in [-0.2, -0.15) is 0 Å². The van der Waals surface area contributed by atoms with E-state index in [1.54, 1.807) is 6.20 Å². The summed E-state index contributed by atoms with van der Waals surface area (Å²) >= 11 is 0. The van der Waals surface area contributed by atoms with E-state index in [0.717, 1.165) is 25.1 Å². The SMILES string of the molecule is CC1CCNC1C(=O)NCCc1ccccn1. The van der Waals surface area contributed by atoms with Crippen molar-refractivity contribution in [3.63, 3.8) is 0 Å². The van der Waals surface area contributed by atoms with Crippen molar-refractivity contribution >= 4 is 5.91 Å². The van der Waals surface area contributed by atoms with Gasteiger partial charge in [-0.1, -0.05) is 13.0 Å². The highest BCUT2D eigenvalue weighted by Crippen LogP contribution is 2.13. The lowest BCUT2D eigenvalue weighted by atomic mass is 10.0. The van der Waals surface area contributed by atoms with E-state index in [2.05, 4.69) is 22.5 Å². The summed E-state index contributed by atoms with van der Waals surface area (Å²) < 4.78 is 0. The highest BCUT2D eigenvalue weighted by atomic mass is 16.2. The smallest absolute Gasteiger partial charge is 0.237 e. The van der Waals surface area contributed by atoms with E-state index in [1.807, 2.05) is 18.2 Å². The predicted molar refractivity (Wildman–Crippen MR) is 66.5 cm³/mol. The summed E-state index contributed by atoms with van der Waals surface area (Å²) in [4.78, 5) is 16.1. The molecule has 2 unspecified atom stereocenters. The van der Waals surface area contributed by atoms with Crippen LogP contribution >= 0.6 is 0 Å². The van der Waals surface area contributed by atoms with E-state index < -0.39 is 0 Å². The molecular formula is C13H19N3O. The van der Waals surface area contributed by atoms with Crippen molar-refractivity contribution in [2.45, 2.75) is 25.8 Å². The molecule has 2 heterocycles. The number of hydrogen-bond donors (Lipinski definition) is 2. The average Bonchev–Trinajstić information content (AvgIpc) is 2.77. The molecule has 0 bridgehead atoms. The van der Waals surface area contributed by atoms with Gasteiger partial charge in [0.15, 0.2) is 0 Å². The molecule has 2 N–H and O–H groups in total. The van der Waals surface area contributed by atoms with E-state index >= 15 is 0 Å². The number of carbonyl (C=O) groups is 1. The minimum Gasteiger partial charge on any atom is -0.354 e. The van der Waals surface area contributed by atoms with E-state index in [-0.39, 0.29) is 11.9 Å². The van der Waals surface area contributed by atoms with Crippen LogP contribution in [0.25, 0.3) is 0 Å². The molecule has 92 valence electrons. The van der Waals surface area contributed by atoms with E-state index in [1.165, 1.54) is 0 Å². The first kappa shape index (κ1) is 12.0. The molecule has 0 saturated carbocycles. The van der Waals surface area contributed by atoms with Crippen LogP contribution in [0.1, 0.15) is 19.0 Å². The average molecular weight is 233 g/mol. The fraction of sp³-hybridized carbons (Fsp3) is 0.538. The quantitative estimate of drug-likeness (QED) is 0.806. The Morgan fingerprint density at radius 3 is 3.12 bits per heavy atom. The second-order valence-electron chi connectivity index (χ2n) is 4.56. The third kappa shape index (κ3) is 3.27. The Morgan fingerprint density at radius 2 is 2.47 bits per heavy atom. The van der Waals surface area contributed by atoms with Crippen molar-refractivity contribution in [2.75, 3.05) is 13.1 Å². The zero-order chi connectivity index (χ0) is 12.1. The third-order valence-corrected chi connectivity index (χ3v) is 3.22. The van der Waals surface area contributed by atoms with Gasteiger partial charge in [0.2, 0.25) is 5.91 Å². The molecular weight excluding hydrogens is 214 g/mol. The van der Waals surface area contributed by atoms with Gasteiger partial charge in [-0.3, -0.25) is 9.78 Å². The molecule has 1 aliphatic rings. The largest absolute Gasteiger partial charge is 0.354 e. The Morgan fingerprint density at radius 1 is 1.59 bits per heavy atom. The molecule has 4 nitrogen and oxygen atoms in total. The van der Waals surface area contributed by atoms with Crippen LogP contribution in [-0.4, -0.2) is 30.0 Å². The molecule has 1 saturated heterocycles. The highest BCUT2D eigenvalue weighted by molar-refractivity contribution is 5.82.